The summed E-state index contributed by atoms with van der Waals surface area (Å²) in [6, 6.07) is 2.80. The second kappa shape index (κ2) is 7.90. The zero-order chi connectivity index (χ0) is 23.0. The number of nitrogens with zero attached hydrogens (tertiary/aromatic N) is 4. The molecule has 3 aromatic heterocycles. The molecule has 0 saturated carbocycles. The highest BCUT2D eigenvalue weighted by atomic mass is 32.2. The monoisotopic (exact) mass is 465 g/mol. The molecular formula is C17H16F5N5O3S. The zero-order valence-corrected chi connectivity index (χ0v) is 16.9. The molecule has 0 spiro atoms. The topological polar surface area (TPSA) is 98.5 Å². The van der Waals surface area contributed by atoms with Gasteiger partial charge in [0.25, 0.3) is 0 Å². The number of rotatable bonds is 7. The van der Waals surface area contributed by atoms with E-state index in [1.165, 1.54) is 29.7 Å². The Bertz CT molecular complexity index is 1210. The van der Waals surface area contributed by atoms with Crippen LogP contribution in [0, 0.1) is 0 Å². The first-order chi connectivity index (χ1) is 14.4. The summed E-state index contributed by atoms with van der Waals surface area (Å²) >= 11 is 0. The van der Waals surface area contributed by atoms with E-state index in [0.717, 1.165) is 12.4 Å². The predicted octanol–water partition coefficient (Wildman–Crippen LogP) is 3.20. The Balaban J connectivity index is 2.10. The molecule has 0 aromatic carbocycles. The highest BCUT2D eigenvalue weighted by Crippen LogP contribution is 2.36. The first kappa shape index (κ1) is 22.7. The molecule has 31 heavy (non-hydrogen) atoms. The van der Waals surface area contributed by atoms with Crippen molar-refractivity contribution in [3.63, 3.8) is 0 Å². The minimum atomic E-state index is -5.79. The minimum absolute atomic E-state index is 0.00829. The Kier molecular flexibility index (Phi) is 5.78. The lowest BCUT2D eigenvalue weighted by Crippen LogP contribution is -2.41. The molecular weight excluding hydrogens is 449 g/mol. The predicted molar refractivity (Wildman–Crippen MR) is 100.0 cm³/mol. The number of halogens is 5. The van der Waals surface area contributed by atoms with E-state index in [2.05, 4.69) is 25.0 Å². The fraction of sp³-hybridized carbons (Fsp3) is 0.353. The van der Waals surface area contributed by atoms with Gasteiger partial charge in [-0.05, 0) is 12.1 Å². The molecule has 0 aliphatic rings. The zero-order valence-electron chi connectivity index (χ0n) is 16.1. The van der Waals surface area contributed by atoms with Gasteiger partial charge >= 0.3 is 12.1 Å². The van der Waals surface area contributed by atoms with Crippen LogP contribution in [0.15, 0.2) is 35.6 Å². The van der Waals surface area contributed by atoms with Gasteiger partial charge in [-0.15, -0.1) is 0 Å². The summed E-state index contributed by atoms with van der Waals surface area (Å²) in [4.78, 5) is 11.9. The van der Waals surface area contributed by atoms with Gasteiger partial charge in [-0.2, -0.15) is 22.0 Å². The Hall–Kier alpha value is -3.03. The SMILES string of the molecule is CCS(=O)(=O)c1ccc(NC)nc1-c1ncc2c(OCC(F)(F)C(F)(F)F)nccn12. The number of pyridine rings is 1. The Morgan fingerprint density at radius 3 is 2.48 bits per heavy atom. The first-order valence-electron chi connectivity index (χ1n) is 8.72. The van der Waals surface area contributed by atoms with Crippen molar-refractivity contribution in [2.75, 3.05) is 24.7 Å². The molecule has 14 heteroatoms. The molecule has 0 fully saturated rings. The van der Waals surface area contributed by atoms with Gasteiger partial charge < -0.3 is 10.1 Å². The first-order valence-corrected chi connectivity index (χ1v) is 10.4. The Morgan fingerprint density at radius 2 is 1.87 bits per heavy atom. The molecule has 0 aliphatic carbocycles. The van der Waals surface area contributed by atoms with Crippen molar-refractivity contribution in [2.24, 2.45) is 0 Å². The maximum absolute atomic E-state index is 13.2. The number of alkyl halides is 5. The summed E-state index contributed by atoms with van der Waals surface area (Å²) in [5.41, 5.74) is -0.0848. The maximum atomic E-state index is 13.2. The van der Waals surface area contributed by atoms with Crippen LogP contribution in [0.25, 0.3) is 17.0 Å². The Morgan fingerprint density at radius 1 is 1.16 bits per heavy atom. The molecule has 168 valence electrons. The van der Waals surface area contributed by atoms with Gasteiger partial charge in [0, 0.05) is 19.4 Å². The molecule has 0 unspecified atom stereocenters. The smallest absolute Gasteiger partial charge is 0.456 e. The third-order valence-electron chi connectivity index (χ3n) is 4.27. The van der Waals surface area contributed by atoms with Crippen LogP contribution in [0.2, 0.25) is 0 Å². The summed E-state index contributed by atoms with van der Waals surface area (Å²) in [7, 11) is -2.15. The number of fused-ring (bicyclic) bond motifs is 1. The maximum Gasteiger partial charge on any atom is 0.456 e. The van der Waals surface area contributed by atoms with Crippen molar-refractivity contribution in [1.29, 1.82) is 0 Å². The highest BCUT2D eigenvalue weighted by Gasteiger charge is 2.58. The average Bonchev–Trinajstić information content (AvgIpc) is 3.15. The average molecular weight is 465 g/mol. The van der Waals surface area contributed by atoms with Gasteiger partial charge in [0.15, 0.2) is 22.3 Å². The van der Waals surface area contributed by atoms with Gasteiger partial charge in [-0.3, -0.25) is 4.40 Å². The van der Waals surface area contributed by atoms with E-state index in [1.807, 2.05) is 0 Å². The molecule has 3 heterocycles. The minimum Gasteiger partial charge on any atom is -0.469 e. The fourth-order valence-electron chi connectivity index (χ4n) is 2.58. The summed E-state index contributed by atoms with van der Waals surface area (Å²) in [6.07, 6.45) is -2.26. The van der Waals surface area contributed by atoms with Crippen molar-refractivity contribution in [1.82, 2.24) is 19.4 Å². The quantitative estimate of drug-likeness (QED) is 0.535. The number of imidazole rings is 1. The lowest BCUT2D eigenvalue weighted by atomic mass is 10.3. The number of anilines is 1. The summed E-state index contributed by atoms with van der Waals surface area (Å²) in [5.74, 6) is -5.50. The van der Waals surface area contributed by atoms with Crippen molar-refractivity contribution in [2.45, 2.75) is 23.9 Å². The van der Waals surface area contributed by atoms with E-state index in [-0.39, 0.29) is 27.7 Å². The molecule has 0 bridgehead atoms. The second-order valence-electron chi connectivity index (χ2n) is 6.26. The van der Waals surface area contributed by atoms with Crippen LogP contribution in [0.4, 0.5) is 27.8 Å². The summed E-state index contributed by atoms with van der Waals surface area (Å²) in [5, 5.41) is 2.77. The van der Waals surface area contributed by atoms with Crippen molar-refractivity contribution >= 4 is 21.2 Å². The van der Waals surface area contributed by atoms with Gasteiger partial charge in [0.1, 0.15) is 17.0 Å². The number of ether oxygens (including phenoxy) is 1. The number of nitrogens with one attached hydrogen (secondary N) is 1. The lowest BCUT2D eigenvalue weighted by Gasteiger charge is -2.19. The molecule has 0 saturated heterocycles. The summed E-state index contributed by atoms with van der Waals surface area (Å²) in [6.45, 7) is -0.530. The van der Waals surface area contributed by atoms with Gasteiger partial charge in [-0.25, -0.2) is 23.4 Å². The van der Waals surface area contributed by atoms with Gasteiger partial charge in [0.05, 0.1) is 16.8 Å². The Labute approximate surface area is 173 Å². The molecule has 0 atom stereocenters. The van der Waals surface area contributed by atoms with Crippen LogP contribution in [0.3, 0.4) is 0 Å². The van der Waals surface area contributed by atoms with Crippen molar-refractivity contribution in [3.05, 3.63) is 30.7 Å². The third-order valence-corrected chi connectivity index (χ3v) is 6.03. The van der Waals surface area contributed by atoms with E-state index >= 15 is 0 Å². The standard InChI is InChI=1S/C17H16F5N5O3S/c1-3-31(28,29)11-4-5-12(23-2)26-13(11)14-25-8-10-15(24-6-7-27(10)14)30-9-16(18,19)17(20,21)22/h4-8H,3,9H2,1-2H3,(H,23,26). The lowest BCUT2D eigenvalue weighted by molar-refractivity contribution is -0.290. The van der Waals surface area contributed by atoms with Crippen LogP contribution in [-0.2, 0) is 9.84 Å². The molecule has 8 nitrogen and oxygen atoms in total. The fourth-order valence-corrected chi connectivity index (χ4v) is 3.60. The van der Waals surface area contributed by atoms with E-state index in [0.29, 0.717) is 5.82 Å². The van der Waals surface area contributed by atoms with E-state index < -0.39 is 34.4 Å². The molecule has 0 aliphatic heterocycles. The van der Waals surface area contributed by atoms with Crippen LogP contribution >= 0.6 is 0 Å². The number of aromatic nitrogens is 4. The molecule has 0 amide bonds. The van der Waals surface area contributed by atoms with Crippen LogP contribution in [-0.4, -0.2) is 59.3 Å². The largest absolute Gasteiger partial charge is 0.469 e. The van der Waals surface area contributed by atoms with Crippen molar-refractivity contribution < 1.29 is 35.1 Å². The molecule has 0 radical (unpaired) electrons. The molecule has 3 aromatic rings. The number of sulfone groups is 1. The van der Waals surface area contributed by atoms with Crippen LogP contribution < -0.4 is 10.1 Å². The molecule has 1 N–H and O–H groups in total. The molecule has 3 rings (SSSR count). The van der Waals surface area contributed by atoms with Crippen LogP contribution in [0.1, 0.15) is 6.92 Å². The number of hydrogen-bond donors (Lipinski definition) is 1. The van der Waals surface area contributed by atoms with E-state index in [9.17, 15) is 30.4 Å². The van der Waals surface area contributed by atoms with Gasteiger partial charge in [0.2, 0.25) is 5.88 Å². The van der Waals surface area contributed by atoms with Crippen molar-refractivity contribution in [3.8, 4) is 17.4 Å². The second-order valence-corrected chi connectivity index (χ2v) is 8.50. The third kappa shape index (κ3) is 4.24. The van der Waals surface area contributed by atoms with E-state index in [4.69, 9.17) is 0 Å². The van der Waals surface area contributed by atoms with Crippen LogP contribution in [0.5, 0.6) is 5.88 Å². The normalized spacial score (nSPS) is 12.9. The number of hydrogen-bond acceptors (Lipinski definition) is 7. The summed E-state index contributed by atoms with van der Waals surface area (Å²) < 4.78 is 94.5. The van der Waals surface area contributed by atoms with E-state index in [1.54, 1.807) is 7.05 Å². The van der Waals surface area contributed by atoms with Gasteiger partial charge in [-0.1, -0.05) is 6.92 Å². The highest BCUT2D eigenvalue weighted by molar-refractivity contribution is 7.91.